The summed E-state index contributed by atoms with van der Waals surface area (Å²) >= 11 is 0. The minimum atomic E-state index is -4.26. The lowest BCUT2D eigenvalue weighted by molar-refractivity contribution is -0.520. The number of carbonyl (C=O) groups excluding carboxylic acids is 3. The van der Waals surface area contributed by atoms with Gasteiger partial charge in [0, 0.05) is 40.3 Å². The monoisotopic (exact) mass is 389 g/mol. The number of piperazine rings is 1. The molecule has 3 rings (SSSR count). The second kappa shape index (κ2) is 6.91. The van der Waals surface area contributed by atoms with Crippen molar-refractivity contribution in [3.05, 3.63) is 0 Å². The molecule has 0 radical (unpaired) electrons. The van der Waals surface area contributed by atoms with Gasteiger partial charge in [-0.1, -0.05) is 0 Å². The van der Waals surface area contributed by atoms with E-state index in [1.807, 2.05) is 0 Å². The summed E-state index contributed by atoms with van der Waals surface area (Å²) in [5.74, 6) is -0.524. The normalized spacial score (nSPS) is 24.2. The maximum absolute atomic E-state index is 12.5. The van der Waals surface area contributed by atoms with Crippen molar-refractivity contribution in [2.75, 3.05) is 53.4 Å². The van der Waals surface area contributed by atoms with Gasteiger partial charge in [0.25, 0.3) is 30.0 Å². The van der Waals surface area contributed by atoms with Gasteiger partial charge in [-0.3, -0.25) is 24.3 Å². The average Bonchev–Trinajstić information content (AvgIpc) is 3.01. The van der Waals surface area contributed by atoms with Gasteiger partial charge in [0.15, 0.2) is 6.54 Å². The van der Waals surface area contributed by atoms with E-state index in [0.717, 1.165) is 4.90 Å². The van der Waals surface area contributed by atoms with E-state index >= 15 is 0 Å². The molecule has 12 heteroatoms. The molecule has 0 aromatic rings. The minimum absolute atomic E-state index is 0.138. The van der Waals surface area contributed by atoms with Crippen molar-refractivity contribution in [2.24, 2.45) is 4.99 Å². The second-order valence-electron chi connectivity index (χ2n) is 6.69. The number of amides is 4. The number of hydrogen-bond acceptors (Lipinski definition) is 5. The first-order valence-electron chi connectivity index (χ1n) is 8.37. The topological polar surface area (TPSA) is 79.5 Å². The minimum Gasteiger partial charge on any atom is -0.337 e. The Bertz CT molecular complexity index is 727. The Balaban J connectivity index is 1.58. The van der Waals surface area contributed by atoms with Crippen molar-refractivity contribution in [1.82, 2.24) is 19.6 Å². The maximum Gasteiger partial charge on any atom is 0.401 e. The molecule has 3 aliphatic rings. The van der Waals surface area contributed by atoms with Crippen LogP contribution in [0.4, 0.5) is 18.0 Å². The van der Waals surface area contributed by atoms with Crippen LogP contribution in [0.15, 0.2) is 4.99 Å². The highest BCUT2D eigenvalue weighted by molar-refractivity contribution is 6.21. The highest BCUT2D eigenvalue weighted by Gasteiger charge is 2.51. The van der Waals surface area contributed by atoms with Crippen LogP contribution in [0.1, 0.15) is 0 Å². The van der Waals surface area contributed by atoms with Gasteiger partial charge in [-0.25, -0.2) is 9.37 Å². The van der Waals surface area contributed by atoms with Crippen LogP contribution in [0.3, 0.4) is 0 Å². The van der Waals surface area contributed by atoms with E-state index in [-0.39, 0.29) is 44.5 Å². The van der Waals surface area contributed by atoms with Gasteiger partial charge in [0.05, 0.1) is 6.54 Å². The predicted molar refractivity (Wildman–Crippen MR) is 87.4 cm³/mol. The van der Waals surface area contributed by atoms with Gasteiger partial charge in [-0.2, -0.15) is 13.2 Å². The Morgan fingerprint density at radius 2 is 1.81 bits per heavy atom. The van der Waals surface area contributed by atoms with E-state index in [4.69, 9.17) is 0 Å². The Kier molecular flexibility index (Phi) is 4.93. The van der Waals surface area contributed by atoms with Gasteiger partial charge in [0.2, 0.25) is 0 Å². The zero-order chi connectivity index (χ0) is 19.9. The summed E-state index contributed by atoms with van der Waals surface area (Å²) < 4.78 is 38.8. The number of nitrogens with zero attached hydrogens (tertiary/aromatic N) is 6. The highest BCUT2D eigenvalue weighted by atomic mass is 19.4. The first kappa shape index (κ1) is 19.3. The molecule has 1 atom stereocenters. The van der Waals surface area contributed by atoms with E-state index in [1.54, 1.807) is 0 Å². The fourth-order valence-corrected chi connectivity index (χ4v) is 3.34. The molecule has 1 unspecified atom stereocenters. The molecule has 3 aliphatic heterocycles. The second-order valence-corrected chi connectivity index (χ2v) is 6.69. The molecular weight excluding hydrogens is 369 g/mol. The number of aliphatic imine (C=N–C) groups is 1. The van der Waals surface area contributed by atoms with Crippen molar-refractivity contribution >= 4 is 30.0 Å². The summed E-state index contributed by atoms with van der Waals surface area (Å²) in [6.07, 6.45) is -2.92. The van der Waals surface area contributed by atoms with Crippen molar-refractivity contribution < 1.29 is 32.1 Å². The Morgan fingerprint density at radius 3 is 2.41 bits per heavy atom. The van der Waals surface area contributed by atoms with Gasteiger partial charge in [0.1, 0.15) is 0 Å². The smallest absolute Gasteiger partial charge is 0.337 e. The number of amidine groups is 1. The van der Waals surface area contributed by atoms with E-state index in [2.05, 4.69) is 4.99 Å². The molecule has 0 aromatic heterocycles. The number of likely N-dealkylation sites (N-methyl/N-ethyl adjacent to an activating group) is 2. The largest absolute Gasteiger partial charge is 0.401 e. The molecule has 0 aromatic carbocycles. The summed E-state index contributed by atoms with van der Waals surface area (Å²) in [5, 5.41) is 0. The Labute approximate surface area is 153 Å². The van der Waals surface area contributed by atoms with Crippen LogP contribution in [0, 0.1) is 0 Å². The van der Waals surface area contributed by atoms with Gasteiger partial charge in [-0.05, 0) is 4.99 Å². The summed E-state index contributed by atoms with van der Waals surface area (Å²) in [6, 6.07) is -1.36. The standard InChI is InChI=1S/C15H20F3N6O3/c1-20-12-11(13(26)21(2)14(20)27)24(9-19-12)7-10(25)23-5-3-22(4-6-23)8-15(16,17)18/h9,11H,3-8H2,1-2H3/q+1. The molecule has 4 amide bonds. The number of rotatable bonds is 3. The first-order valence-corrected chi connectivity index (χ1v) is 8.37. The molecule has 148 valence electrons. The molecule has 0 aliphatic carbocycles. The molecule has 0 N–H and O–H groups in total. The van der Waals surface area contributed by atoms with Crippen LogP contribution in [-0.2, 0) is 9.59 Å². The van der Waals surface area contributed by atoms with E-state index in [0.29, 0.717) is 0 Å². The number of hydrogen-bond donors (Lipinski definition) is 0. The summed E-state index contributed by atoms with van der Waals surface area (Å²) in [7, 11) is 2.85. The van der Waals surface area contributed by atoms with Crippen LogP contribution in [0.5, 0.6) is 0 Å². The molecule has 0 bridgehead atoms. The van der Waals surface area contributed by atoms with Crippen molar-refractivity contribution in [2.45, 2.75) is 12.2 Å². The quantitative estimate of drug-likeness (QED) is 0.583. The van der Waals surface area contributed by atoms with Crippen LogP contribution in [0.2, 0.25) is 0 Å². The van der Waals surface area contributed by atoms with E-state index in [9.17, 15) is 27.6 Å². The molecular formula is C15H20F3N6O3+. The number of alkyl halides is 3. The van der Waals surface area contributed by atoms with Gasteiger partial charge in [-0.15, -0.1) is 0 Å². The number of fused-ring (bicyclic) bond motifs is 1. The van der Waals surface area contributed by atoms with Crippen molar-refractivity contribution in [3.8, 4) is 0 Å². The summed E-state index contributed by atoms with van der Waals surface area (Å²) in [5.41, 5.74) is 0. The number of urea groups is 1. The predicted octanol–water partition coefficient (Wildman–Crippen LogP) is -0.962. The number of imide groups is 1. The molecule has 2 fully saturated rings. The van der Waals surface area contributed by atoms with Crippen LogP contribution < -0.4 is 0 Å². The molecule has 9 nitrogen and oxygen atoms in total. The van der Waals surface area contributed by atoms with Crippen molar-refractivity contribution in [3.63, 3.8) is 0 Å². The third-order valence-electron chi connectivity index (χ3n) is 4.84. The SMILES string of the molecule is CN1C(=O)C2C(=NC=[N+]2CC(=O)N2CCN(CC(F)(F)F)CC2)N(C)C1=O. The average molecular weight is 389 g/mol. The molecule has 0 saturated carbocycles. The lowest BCUT2D eigenvalue weighted by Crippen LogP contribution is -2.62. The van der Waals surface area contributed by atoms with Crippen LogP contribution in [-0.4, -0.2) is 120 Å². The lowest BCUT2D eigenvalue weighted by Gasteiger charge is -2.35. The zero-order valence-corrected chi connectivity index (χ0v) is 14.9. The lowest BCUT2D eigenvalue weighted by atomic mass is 10.1. The highest BCUT2D eigenvalue weighted by Crippen LogP contribution is 2.19. The summed E-state index contributed by atoms with van der Waals surface area (Å²) in [4.78, 5) is 45.9. The maximum atomic E-state index is 12.5. The van der Waals surface area contributed by atoms with E-state index in [1.165, 1.54) is 39.7 Å². The molecule has 27 heavy (non-hydrogen) atoms. The Hall–Kier alpha value is -2.50. The van der Waals surface area contributed by atoms with Crippen molar-refractivity contribution in [1.29, 1.82) is 0 Å². The van der Waals surface area contributed by atoms with Gasteiger partial charge >= 0.3 is 12.2 Å². The third-order valence-corrected chi connectivity index (χ3v) is 4.84. The van der Waals surface area contributed by atoms with Gasteiger partial charge < -0.3 is 4.90 Å². The third kappa shape index (κ3) is 3.80. The fourth-order valence-electron chi connectivity index (χ4n) is 3.34. The fraction of sp³-hybridized carbons (Fsp3) is 0.667. The number of carbonyl (C=O) groups is 3. The number of halogens is 3. The molecule has 3 heterocycles. The van der Waals surface area contributed by atoms with Crippen LogP contribution in [0.25, 0.3) is 0 Å². The van der Waals surface area contributed by atoms with Crippen LogP contribution >= 0.6 is 0 Å². The Morgan fingerprint density at radius 1 is 1.19 bits per heavy atom. The zero-order valence-electron chi connectivity index (χ0n) is 14.9. The molecule has 0 spiro atoms. The molecule has 2 saturated heterocycles. The first-order chi connectivity index (χ1) is 12.6. The summed E-state index contributed by atoms with van der Waals surface area (Å²) in [6.45, 7) is -0.479. The van der Waals surface area contributed by atoms with E-state index < -0.39 is 30.7 Å².